The van der Waals surface area contributed by atoms with Gasteiger partial charge in [0.15, 0.2) is 0 Å². The lowest BCUT2D eigenvalue weighted by Gasteiger charge is -2.49. The molecule has 0 bridgehead atoms. The molecular formula is C17H23N3O9S. The van der Waals surface area contributed by atoms with Gasteiger partial charge in [-0.3, -0.25) is 14.5 Å². The molecule has 2 heterocycles. The van der Waals surface area contributed by atoms with Crippen LogP contribution in [-0.4, -0.2) is 86.5 Å². The second-order valence-corrected chi connectivity index (χ2v) is 7.62. The van der Waals surface area contributed by atoms with E-state index < -0.39 is 53.9 Å². The third-order valence-corrected chi connectivity index (χ3v) is 5.86. The lowest BCUT2D eigenvalue weighted by molar-refractivity contribution is -0.150. The lowest BCUT2D eigenvalue weighted by atomic mass is 10.0. The number of alkyl carbamates (subject to hydrolysis) is 1. The molecule has 2 aliphatic rings. The van der Waals surface area contributed by atoms with E-state index in [9.17, 15) is 34.2 Å². The monoisotopic (exact) mass is 445 g/mol. The minimum atomic E-state index is -1.32. The summed E-state index contributed by atoms with van der Waals surface area (Å²) in [6.45, 7) is 1.19. The van der Waals surface area contributed by atoms with Crippen molar-refractivity contribution in [2.45, 2.75) is 43.6 Å². The molecule has 0 aliphatic carbocycles. The molecule has 3 amide bonds. The fourth-order valence-electron chi connectivity index (χ4n) is 3.09. The Morgan fingerprint density at radius 3 is 2.57 bits per heavy atom. The molecule has 1 saturated heterocycles. The van der Waals surface area contributed by atoms with Crippen molar-refractivity contribution in [2.24, 2.45) is 0 Å². The van der Waals surface area contributed by atoms with Crippen LogP contribution in [0.2, 0.25) is 0 Å². The van der Waals surface area contributed by atoms with Crippen molar-refractivity contribution >= 4 is 41.6 Å². The Kier molecular flexibility index (Phi) is 8.06. The van der Waals surface area contributed by atoms with Crippen molar-refractivity contribution in [2.75, 3.05) is 19.0 Å². The van der Waals surface area contributed by atoms with E-state index in [4.69, 9.17) is 5.11 Å². The molecule has 2 rings (SSSR count). The number of aliphatic hydroxyl groups is 1. The first-order chi connectivity index (χ1) is 14.2. The summed E-state index contributed by atoms with van der Waals surface area (Å²) in [6.07, 6.45) is -0.838. The molecule has 30 heavy (non-hydrogen) atoms. The van der Waals surface area contributed by atoms with Crippen LogP contribution in [0.5, 0.6) is 0 Å². The number of carboxylic acids is 2. The molecule has 0 aromatic heterocycles. The smallest absolute Gasteiger partial charge is 0.407 e. The Morgan fingerprint density at radius 1 is 1.30 bits per heavy atom. The first-order valence-corrected chi connectivity index (χ1v) is 10.2. The second-order valence-electron chi connectivity index (χ2n) is 6.52. The van der Waals surface area contributed by atoms with Crippen LogP contribution in [0.4, 0.5) is 4.79 Å². The summed E-state index contributed by atoms with van der Waals surface area (Å²) >= 11 is 1.23. The molecular weight excluding hydrogens is 422 g/mol. The highest BCUT2D eigenvalue weighted by atomic mass is 32.2. The summed E-state index contributed by atoms with van der Waals surface area (Å²) in [5.74, 6) is -3.45. The number of nitrogens with zero attached hydrogens (tertiary/aromatic N) is 1. The Morgan fingerprint density at radius 2 is 2.00 bits per heavy atom. The van der Waals surface area contributed by atoms with Crippen LogP contribution in [0.15, 0.2) is 11.3 Å². The summed E-state index contributed by atoms with van der Waals surface area (Å²) in [6, 6.07) is -2.11. The number of carboxylic acid groups (broad SMARTS) is 2. The molecule has 0 aromatic carbocycles. The van der Waals surface area contributed by atoms with Gasteiger partial charge in [-0.15, -0.1) is 11.8 Å². The van der Waals surface area contributed by atoms with Crippen LogP contribution in [0.25, 0.3) is 0 Å². The molecule has 1 fully saturated rings. The van der Waals surface area contributed by atoms with Crippen LogP contribution in [0.3, 0.4) is 0 Å². The SMILES string of the molecule is CCOC(=O)NC(CCCC(=O)N[C@@H]1C(=O)N2C(C(=O)O)=C(CO)CS[C@@H]12)C(=O)O. The quantitative estimate of drug-likeness (QED) is 0.264. The largest absolute Gasteiger partial charge is 0.480 e. The minimum absolute atomic E-state index is 0.0176. The summed E-state index contributed by atoms with van der Waals surface area (Å²) in [5.41, 5.74) is -0.0261. The second kappa shape index (κ2) is 10.3. The Labute approximate surface area is 175 Å². The van der Waals surface area contributed by atoms with Gasteiger partial charge in [0.2, 0.25) is 5.91 Å². The number of carbonyl (C=O) groups excluding carboxylic acids is 3. The molecule has 2 aliphatic heterocycles. The molecule has 3 atom stereocenters. The molecule has 5 N–H and O–H groups in total. The number of hydrogen-bond donors (Lipinski definition) is 5. The minimum Gasteiger partial charge on any atom is -0.480 e. The van der Waals surface area contributed by atoms with Crippen LogP contribution in [0.1, 0.15) is 26.2 Å². The summed E-state index contributed by atoms with van der Waals surface area (Å²) < 4.78 is 4.63. The number of amides is 3. The third-order valence-electron chi connectivity index (χ3n) is 4.52. The fraction of sp³-hybridized carbons (Fsp3) is 0.588. The Balaban J connectivity index is 1.86. The van der Waals surface area contributed by atoms with Gasteiger partial charge < -0.3 is 30.7 Å². The predicted molar refractivity (Wildman–Crippen MR) is 102 cm³/mol. The first kappa shape index (κ1) is 23.5. The lowest BCUT2D eigenvalue weighted by Crippen LogP contribution is -2.70. The maximum Gasteiger partial charge on any atom is 0.407 e. The van der Waals surface area contributed by atoms with E-state index in [-0.39, 0.29) is 42.9 Å². The molecule has 12 nitrogen and oxygen atoms in total. The zero-order chi connectivity index (χ0) is 22.4. The van der Waals surface area contributed by atoms with Crippen molar-refractivity contribution in [3.05, 3.63) is 11.3 Å². The van der Waals surface area contributed by atoms with Crippen LogP contribution < -0.4 is 10.6 Å². The number of hydrogen-bond acceptors (Lipinski definition) is 8. The van der Waals surface area contributed by atoms with Gasteiger partial charge >= 0.3 is 18.0 Å². The van der Waals surface area contributed by atoms with Gasteiger partial charge in [-0.1, -0.05) is 0 Å². The van der Waals surface area contributed by atoms with Gasteiger partial charge in [0.1, 0.15) is 23.2 Å². The van der Waals surface area contributed by atoms with Gasteiger partial charge in [0.25, 0.3) is 5.91 Å². The standard InChI is InChI=1S/C17H23N3O9S/c1-2-29-17(28)18-9(15(24)25)4-3-5-10(22)19-11-13(23)20-12(16(26)27)8(6-21)7-30-14(11)20/h9,11,14,21H,2-7H2,1H3,(H,18,28)(H,19,22)(H,24,25)(H,26,27)/t9?,11-,14+/m1/s1. The number of carbonyl (C=O) groups is 5. The van der Waals surface area contributed by atoms with E-state index in [1.54, 1.807) is 6.92 Å². The van der Waals surface area contributed by atoms with Crippen molar-refractivity contribution in [1.29, 1.82) is 0 Å². The van der Waals surface area contributed by atoms with Crippen molar-refractivity contribution < 1.29 is 44.0 Å². The van der Waals surface area contributed by atoms with E-state index in [0.717, 1.165) is 4.90 Å². The van der Waals surface area contributed by atoms with Crippen molar-refractivity contribution in [3.63, 3.8) is 0 Å². The van der Waals surface area contributed by atoms with E-state index >= 15 is 0 Å². The zero-order valence-corrected chi connectivity index (χ0v) is 16.9. The molecule has 0 saturated carbocycles. The predicted octanol–water partition coefficient (Wildman–Crippen LogP) is -0.913. The number of thioether (sulfide) groups is 1. The number of fused-ring (bicyclic) bond motifs is 1. The van der Waals surface area contributed by atoms with E-state index in [1.165, 1.54) is 11.8 Å². The average Bonchev–Trinajstić information content (AvgIpc) is 2.69. The normalized spacial score (nSPS) is 21.3. The highest BCUT2D eigenvalue weighted by molar-refractivity contribution is 8.00. The molecule has 0 aromatic rings. The number of aliphatic hydroxyl groups excluding tert-OH is 1. The number of nitrogens with one attached hydrogen (secondary N) is 2. The summed E-state index contributed by atoms with van der Waals surface area (Å²) in [5, 5.41) is 31.9. The first-order valence-electron chi connectivity index (χ1n) is 9.17. The van der Waals surface area contributed by atoms with E-state index in [1.807, 2.05) is 0 Å². The van der Waals surface area contributed by atoms with Crippen LogP contribution in [-0.2, 0) is 23.9 Å². The van der Waals surface area contributed by atoms with Crippen molar-refractivity contribution in [1.82, 2.24) is 15.5 Å². The van der Waals surface area contributed by atoms with E-state index in [2.05, 4.69) is 15.4 Å². The van der Waals surface area contributed by atoms with Gasteiger partial charge in [0, 0.05) is 12.2 Å². The van der Waals surface area contributed by atoms with Crippen LogP contribution >= 0.6 is 11.8 Å². The third kappa shape index (κ3) is 5.21. The molecule has 13 heteroatoms. The van der Waals surface area contributed by atoms with Gasteiger partial charge in [-0.2, -0.15) is 0 Å². The Hall–Kier alpha value is -2.80. The van der Waals surface area contributed by atoms with E-state index in [0.29, 0.717) is 0 Å². The zero-order valence-electron chi connectivity index (χ0n) is 16.1. The van der Waals surface area contributed by atoms with Gasteiger partial charge in [-0.05, 0) is 25.3 Å². The molecule has 0 radical (unpaired) electrons. The van der Waals surface area contributed by atoms with Gasteiger partial charge in [0.05, 0.1) is 13.2 Å². The fourth-order valence-corrected chi connectivity index (χ4v) is 4.42. The summed E-state index contributed by atoms with van der Waals surface area (Å²) in [7, 11) is 0. The molecule has 166 valence electrons. The highest BCUT2D eigenvalue weighted by Crippen LogP contribution is 2.40. The number of aliphatic carboxylic acids is 2. The summed E-state index contributed by atoms with van der Waals surface area (Å²) in [4.78, 5) is 59.5. The van der Waals surface area contributed by atoms with Gasteiger partial charge in [-0.25, -0.2) is 14.4 Å². The number of β-lactam (4-membered cyclic amide) rings is 1. The molecule has 0 spiro atoms. The molecule has 1 unspecified atom stereocenters. The average molecular weight is 445 g/mol. The highest BCUT2D eigenvalue weighted by Gasteiger charge is 2.54. The van der Waals surface area contributed by atoms with Crippen LogP contribution in [0, 0.1) is 0 Å². The Bertz CT molecular complexity index is 770. The number of rotatable bonds is 10. The maximum atomic E-state index is 12.3. The van der Waals surface area contributed by atoms with Crippen molar-refractivity contribution in [3.8, 4) is 0 Å². The maximum absolute atomic E-state index is 12.3. The topological polar surface area (TPSA) is 183 Å². The number of ether oxygens (including phenoxy) is 1.